The van der Waals surface area contributed by atoms with Crippen molar-refractivity contribution in [3.63, 3.8) is 0 Å². The van der Waals surface area contributed by atoms with Crippen molar-refractivity contribution in [1.82, 2.24) is 0 Å². The van der Waals surface area contributed by atoms with Crippen molar-refractivity contribution in [2.24, 2.45) is 0 Å². The van der Waals surface area contributed by atoms with Crippen LogP contribution >= 0.6 is 23.2 Å². The molecule has 0 aliphatic carbocycles. The van der Waals surface area contributed by atoms with Gasteiger partial charge in [-0.15, -0.1) is 0 Å². The van der Waals surface area contributed by atoms with Crippen molar-refractivity contribution < 1.29 is 31.5 Å². The SMILES string of the molecule is O=C(Nc1ccc(OC(F)F)cc1)c1cc(Cl)ccc1NS(=O)(=O)c1ccc(Oc2ccccc2Cl)cc1. The number of para-hydroxylation sites is 1. The molecule has 0 aliphatic rings. The van der Waals surface area contributed by atoms with Gasteiger partial charge in [0.05, 0.1) is 21.2 Å². The summed E-state index contributed by atoms with van der Waals surface area (Å²) in [6.07, 6.45) is 0. The number of benzene rings is 4. The predicted octanol–water partition coefficient (Wildman–Crippen LogP) is 7.44. The summed E-state index contributed by atoms with van der Waals surface area (Å²) in [7, 11) is -4.11. The lowest BCUT2D eigenvalue weighted by atomic mass is 10.1. The molecule has 0 saturated heterocycles. The van der Waals surface area contributed by atoms with Crippen LogP contribution < -0.4 is 19.5 Å². The van der Waals surface area contributed by atoms with Crippen molar-refractivity contribution in [3.8, 4) is 17.2 Å². The standard InChI is InChI=1S/C26H18Cl2F2N2O5S/c27-16-5-14-23(21(15-16)25(33)31-17-6-8-19(9-7-17)37-26(29)30)32-38(34,35)20-12-10-18(11-13-20)36-24-4-2-1-3-22(24)28/h1-15,26,32H,(H,31,33). The van der Waals surface area contributed by atoms with Gasteiger partial charge in [0.25, 0.3) is 15.9 Å². The normalized spacial score (nSPS) is 11.2. The highest BCUT2D eigenvalue weighted by Gasteiger charge is 2.20. The summed E-state index contributed by atoms with van der Waals surface area (Å²) >= 11 is 12.1. The first-order chi connectivity index (χ1) is 18.1. The summed E-state index contributed by atoms with van der Waals surface area (Å²) in [6.45, 7) is -2.98. The summed E-state index contributed by atoms with van der Waals surface area (Å²) in [6, 6.07) is 21.7. The molecule has 4 aromatic carbocycles. The molecule has 0 bridgehead atoms. The molecule has 2 N–H and O–H groups in total. The average Bonchev–Trinajstić information content (AvgIpc) is 2.87. The number of halogens is 4. The number of anilines is 2. The maximum atomic E-state index is 13.1. The van der Waals surface area contributed by atoms with Gasteiger partial charge >= 0.3 is 6.61 Å². The average molecular weight is 579 g/mol. The zero-order valence-corrected chi connectivity index (χ0v) is 21.5. The van der Waals surface area contributed by atoms with Crippen LogP contribution in [0.25, 0.3) is 0 Å². The van der Waals surface area contributed by atoms with E-state index in [2.05, 4.69) is 14.8 Å². The smallest absolute Gasteiger partial charge is 0.387 e. The highest BCUT2D eigenvalue weighted by Crippen LogP contribution is 2.30. The molecule has 4 aromatic rings. The Kier molecular flexibility index (Phi) is 8.35. The van der Waals surface area contributed by atoms with E-state index in [-0.39, 0.29) is 32.6 Å². The lowest BCUT2D eigenvalue weighted by molar-refractivity contribution is -0.0498. The van der Waals surface area contributed by atoms with E-state index in [1.54, 1.807) is 24.3 Å². The van der Waals surface area contributed by atoms with Crippen LogP contribution in [0.15, 0.2) is 95.9 Å². The third kappa shape index (κ3) is 6.91. The number of alkyl halides is 2. The molecule has 0 spiro atoms. The van der Waals surface area contributed by atoms with E-state index >= 15 is 0 Å². The molecule has 0 unspecified atom stereocenters. The van der Waals surface area contributed by atoms with Crippen molar-refractivity contribution in [2.45, 2.75) is 11.5 Å². The zero-order valence-electron chi connectivity index (χ0n) is 19.2. The first kappa shape index (κ1) is 27.2. The lowest BCUT2D eigenvalue weighted by Crippen LogP contribution is -2.18. The fourth-order valence-electron chi connectivity index (χ4n) is 3.26. The van der Waals surface area contributed by atoms with Crippen LogP contribution in [0.2, 0.25) is 10.0 Å². The number of amides is 1. The summed E-state index contributed by atoms with van der Waals surface area (Å²) in [5, 5.41) is 3.16. The molecule has 0 aromatic heterocycles. The number of sulfonamides is 1. The largest absolute Gasteiger partial charge is 0.456 e. The van der Waals surface area contributed by atoms with Gasteiger partial charge in [-0.05, 0) is 78.9 Å². The van der Waals surface area contributed by atoms with Crippen LogP contribution in [0.4, 0.5) is 20.2 Å². The number of rotatable bonds is 9. The van der Waals surface area contributed by atoms with Crippen LogP contribution in [0.1, 0.15) is 10.4 Å². The molecule has 0 heterocycles. The number of carbonyl (C=O) groups is 1. The van der Waals surface area contributed by atoms with Crippen molar-refractivity contribution >= 4 is 50.5 Å². The van der Waals surface area contributed by atoms with E-state index in [9.17, 15) is 22.0 Å². The Hall–Kier alpha value is -3.86. The molecule has 0 fully saturated rings. The minimum atomic E-state index is -4.11. The van der Waals surface area contributed by atoms with Crippen LogP contribution in [0.5, 0.6) is 17.2 Å². The summed E-state index contributed by atoms with van der Waals surface area (Å²) < 4.78 is 63.2. The third-order valence-corrected chi connectivity index (χ3v) is 6.94. The van der Waals surface area contributed by atoms with Gasteiger partial charge in [-0.25, -0.2) is 8.42 Å². The molecule has 0 radical (unpaired) electrons. The summed E-state index contributed by atoms with van der Waals surface area (Å²) in [5.41, 5.74) is 0.174. The Morgan fingerprint density at radius 2 is 1.50 bits per heavy atom. The molecule has 1 amide bonds. The van der Waals surface area contributed by atoms with Crippen molar-refractivity contribution in [1.29, 1.82) is 0 Å². The van der Waals surface area contributed by atoms with Crippen LogP contribution in [0, 0.1) is 0 Å². The van der Waals surface area contributed by atoms with Gasteiger partial charge in [-0.2, -0.15) is 8.78 Å². The first-order valence-corrected chi connectivity index (χ1v) is 13.1. The molecule has 4 rings (SSSR count). The van der Waals surface area contributed by atoms with E-state index in [1.807, 2.05) is 0 Å². The molecule has 38 heavy (non-hydrogen) atoms. The number of nitrogens with one attached hydrogen (secondary N) is 2. The summed E-state index contributed by atoms with van der Waals surface area (Å²) in [4.78, 5) is 12.9. The quantitative estimate of drug-likeness (QED) is 0.215. The Morgan fingerprint density at radius 3 is 2.16 bits per heavy atom. The van der Waals surface area contributed by atoms with Gasteiger partial charge in [0, 0.05) is 10.7 Å². The van der Waals surface area contributed by atoms with Gasteiger partial charge in [0.2, 0.25) is 0 Å². The molecule has 0 atom stereocenters. The number of carbonyl (C=O) groups excluding carboxylic acids is 1. The number of hydrogen-bond donors (Lipinski definition) is 2. The van der Waals surface area contributed by atoms with Gasteiger partial charge in [0.15, 0.2) is 0 Å². The van der Waals surface area contributed by atoms with Crippen molar-refractivity contribution in [2.75, 3.05) is 10.0 Å². The Balaban J connectivity index is 1.51. The van der Waals surface area contributed by atoms with Gasteiger partial charge in [0.1, 0.15) is 17.2 Å². The predicted molar refractivity (Wildman–Crippen MR) is 141 cm³/mol. The Bertz CT molecular complexity index is 1550. The molecule has 12 heteroatoms. The van der Waals surface area contributed by atoms with Crippen LogP contribution in [-0.4, -0.2) is 20.9 Å². The maximum absolute atomic E-state index is 13.1. The van der Waals surface area contributed by atoms with Gasteiger partial charge < -0.3 is 14.8 Å². The fourth-order valence-corrected chi connectivity index (χ4v) is 4.68. The summed E-state index contributed by atoms with van der Waals surface area (Å²) in [5.74, 6) is 0.0122. The monoisotopic (exact) mass is 578 g/mol. The van der Waals surface area contributed by atoms with Crippen LogP contribution in [-0.2, 0) is 10.0 Å². The maximum Gasteiger partial charge on any atom is 0.387 e. The highest BCUT2D eigenvalue weighted by atomic mass is 35.5. The second kappa shape index (κ2) is 11.7. The Labute approximate surface area is 227 Å². The van der Waals surface area contributed by atoms with Crippen LogP contribution in [0.3, 0.4) is 0 Å². The lowest BCUT2D eigenvalue weighted by Gasteiger charge is -2.14. The van der Waals surface area contributed by atoms with Gasteiger partial charge in [-0.1, -0.05) is 35.3 Å². The Morgan fingerprint density at radius 1 is 0.842 bits per heavy atom. The minimum absolute atomic E-state index is 0.0269. The second-order valence-corrected chi connectivity index (χ2v) is 10.2. The van der Waals surface area contributed by atoms with E-state index in [0.29, 0.717) is 16.5 Å². The van der Waals surface area contributed by atoms with Gasteiger partial charge in [-0.3, -0.25) is 9.52 Å². The molecule has 7 nitrogen and oxygen atoms in total. The topological polar surface area (TPSA) is 93.7 Å². The molecular formula is C26H18Cl2F2N2O5S. The van der Waals surface area contributed by atoms with E-state index in [0.717, 1.165) is 0 Å². The zero-order chi connectivity index (χ0) is 27.3. The van der Waals surface area contributed by atoms with Crippen molar-refractivity contribution in [3.05, 3.63) is 107 Å². The minimum Gasteiger partial charge on any atom is -0.456 e. The number of ether oxygens (including phenoxy) is 2. The molecule has 0 saturated carbocycles. The fraction of sp³-hybridized carbons (Fsp3) is 0.0385. The van der Waals surface area contributed by atoms with E-state index in [1.165, 1.54) is 66.7 Å². The molecule has 196 valence electrons. The second-order valence-electron chi connectivity index (χ2n) is 7.66. The molecule has 0 aliphatic heterocycles. The van der Waals surface area contributed by atoms with E-state index in [4.69, 9.17) is 27.9 Å². The first-order valence-electron chi connectivity index (χ1n) is 10.8. The number of hydrogen-bond acceptors (Lipinski definition) is 5. The third-order valence-electron chi connectivity index (χ3n) is 5.01. The highest BCUT2D eigenvalue weighted by molar-refractivity contribution is 7.92. The van der Waals surface area contributed by atoms with E-state index < -0.39 is 22.5 Å². The molecular weight excluding hydrogens is 561 g/mol.